The summed E-state index contributed by atoms with van der Waals surface area (Å²) in [7, 11) is 0. The van der Waals surface area contributed by atoms with Crippen molar-refractivity contribution in [1.29, 1.82) is 0 Å². The van der Waals surface area contributed by atoms with Crippen molar-refractivity contribution in [2.45, 2.75) is 70.1 Å². The Balaban J connectivity index is 1.07. The topological polar surface area (TPSA) is 69.6 Å². The average molecular weight is 531 g/mol. The van der Waals surface area contributed by atoms with Crippen LogP contribution in [-0.4, -0.2) is 52.1 Å². The van der Waals surface area contributed by atoms with Crippen molar-refractivity contribution in [2.75, 3.05) is 31.1 Å². The fraction of sp³-hybridized carbons (Fsp3) is 0.621. The number of aromatic nitrogens is 2. The fourth-order valence-electron chi connectivity index (χ4n) is 6.47. The van der Waals surface area contributed by atoms with Gasteiger partial charge in [-0.3, -0.25) is 9.78 Å². The lowest BCUT2D eigenvalue weighted by Crippen LogP contribution is -2.42. The number of anilines is 1. The number of hydrogen-bond donors (Lipinski definition) is 1. The Bertz CT molecular complexity index is 1110. The molecule has 0 unspecified atom stereocenters. The Hall–Kier alpha value is -2.68. The van der Waals surface area contributed by atoms with E-state index in [1.54, 1.807) is 0 Å². The van der Waals surface area contributed by atoms with Crippen molar-refractivity contribution in [3.05, 3.63) is 53.5 Å². The summed E-state index contributed by atoms with van der Waals surface area (Å²) in [4.78, 5) is 25.7. The van der Waals surface area contributed by atoms with E-state index in [9.17, 15) is 23.1 Å². The molecule has 0 spiro atoms. The Morgan fingerprint density at radius 3 is 2.42 bits per heavy atom. The van der Waals surface area contributed by atoms with Crippen LogP contribution in [0.4, 0.5) is 19.0 Å². The number of likely N-dealkylation sites (tertiary alicyclic amines) is 1. The molecule has 4 heterocycles. The quantitative estimate of drug-likeness (QED) is 0.566. The van der Waals surface area contributed by atoms with Crippen LogP contribution in [-0.2, 0) is 16.6 Å². The predicted molar refractivity (Wildman–Crippen MR) is 138 cm³/mol. The standard InChI is InChI=1S/C29H37F3N4O2/c1-20-2-3-25(34-18-20)28(38)10-4-21(5-11-28)16-22-7-13-36(19-22)27(37)23-8-14-35(15-9-23)26-17-24(6-12-33-26)29(30,31)32/h2-3,6,12,17-18,21-23,38H,4-5,7-11,13-16,19H2,1H3/t21?,22-,28?/m1/s1. The zero-order valence-electron chi connectivity index (χ0n) is 22.0. The molecular formula is C29H37F3N4O2. The molecule has 38 heavy (non-hydrogen) atoms. The number of amides is 1. The zero-order chi connectivity index (χ0) is 26.9. The molecule has 1 atom stereocenters. The molecule has 206 valence electrons. The van der Waals surface area contributed by atoms with Gasteiger partial charge in [-0.15, -0.1) is 0 Å². The van der Waals surface area contributed by atoms with Crippen molar-refractivity contribution >= 4 is 11.7 Å². The van der Waals surface area contributed by atoms with Crippen molar-refractivity contribution in [1.82, 2.24) is 14.9 Å². The Morgan fingerprint density at radius 1 is 1.03 bits per heavy atom. The third-order valence-corrected chi connectivity index (χ3v) is 8.83. The third kappa shape index (κ3) is 5.98. The minimum atomic E-state index is -4.39. The van der Waals surface area contributed by atoms with E-state index >= 15 is 0 Å². The highest BCUT2D eigenvalue weighted by atomic mass is 19.4. The molecule has 0 bridgehead atoms. The van der Waals surface area contributed by atoms with E-state index in [1.165, 1.54) is 6.20 Å². The van der Waals surface area contributed by atoms with Crippen LogP contribution in [0.25, 0.3) is 0 Å². The van der Waals surface area contributed by atoms with Crippen LogP contribution in [0.3, 0.4) is 0 Å². The van der Waals surface area contributed by atoms with E-state index in [2.05, 4.69) is 9.97 Å². The second kappa shape index (κ2) is 10.8. The Labute approximate surface area is 222 Å². The SMILES string of the molecule is Cc1ccc(C2(O)CCC(C[C@H]3CCN(C(=O)C4CCN(c5cc(C(F)(F)F)ccn5)CC4)C3)CC2)nc1. The Kier molecular flexibility index (Phi) is 7.67. The van der Waals surface area contributed by atoms with Crippen LogP contribution in [0.5, 0.6) is 0 Å². The summed E-state index contributed by atoms with van der Waals surface area (Å²) in [6, 6.07) is 6.02. The van der Waals surface area contributed by atoms with Gasteiger partial charge in [-0.2, -0.15) is 13.2 Å². The van der Waals surface area contributed by atoms with E-state index in [4.69, 9.17) is 0 Å². The van der Waals surface area contributed by atoms with Crippen LogP contribution in [0.2, 0.25) is 0 Å². The van der Waals surface area contributed by atoms with Crippen molar-refractivity contribution < 1.29 is 23.1 Å². The van der Waals surface area contributed by atoms with Gasteiger partial charge in [0, 0.05) is 44.5 Å². The van der Waals surface area contributed by atoms with Crippen LogP contribution in [0.15, 0.2) is 36.7 Å². The molecule has 0 aromatic carbocycles. The van der Waals surface area contributed by atoms with Crippen LogP contribution in [0, 0.1) is 24.7 Å². The van der Waals surface area contributed by atoms with E-state index in [0.29, 0.717) is 43.6 Å². The highest BCUT2D eigenvalue weighted by molar-refractivity contribution is 5.79. The molecule has 9 heteroatoms. The number of rotatable bonds is 5. The minimum Gasteiger partial charge on any atom is -0.384 e. The average Bonchev–Trinajstić information content (AvgIpc) is 3.38. The number of carbonyl (C=O) groups excluding carboxylic acids is 1. The first-order chi connectivity index (χ1) is 18.1. The minimum absolute atomic E-state index is 0.0810. The maximum atomic E-state index is 13.2. The number of piperidine rings is 1. The lowest BCUT2D eigenvalue weighted by molar-refractivity contribution is -0.137. The molecule has 2 aromatic heterocycles. The summed E-state index contributed by atoms with van der Waals surface area (Å²) in [6.07, 6.45) is 5.37. The first-order valence-electron chi connectivity index (χ1n) is 13.8. The molecule has 1 amide bonds. The summed E-state index contributed by atoms with van der Waals surface area (Å²) in [5.41, 5.74) is 0.331. The van der Waals surface area contributed by atoms with E-state index in [1.807, 2.05) is 35.1 Å². The van der Waals surface area contributed by atoms with Crippen LogP contribution in [0.1, 0.15) is 68.2 Å². The lowest BCUT2D eigenvalue weighted by Gasteiger charge is -2.36. The molecule has 1 saturated carbocycles. The van der Waals surface area contributed by atoms with Gasteiger partial charge < -0.3 is 14.9 Å². The Morgan fingerprint density at radius 2 is 1.76 bits per heavy atom. The monoisotopic (exact) mass is 530 g/mol. The maximum Gasteiger partial charge on any atom is 0.416 e. The first kappa shape index (κ1) is 26.9. The number of halogens is 3. The molecule has 1 aliphatic carbocycles. The van der Waals surface area contributed by atoms with Gasteiger partial charge in [-0.05, 0) is 93.9 Å². The predicted octanol–water partition coefficient (Wildman–Crippen LogP) is 5.34. The smallest absolute Gasteiger partial charge is 0.384 e. The van der Waals surface area contributed by atoms with Crippen molar-refractivity contribution in [3.8, 4) is 0 Å². The molecule has 1 N–H and O–H groups in total. The number of aliphatic hydroxyl groups is 1. The lowest BCUT2D eigenvalue weighted by atomic mass is 9.74. The fourth-order valence-corrected chi connectivity index (χ4v) is 6.47. The molecule has 6 nitrogen and oxygen atoms in total. The summed E-state index contributed by atoms with van der Waals surface area (Å²) in [5.74, 6) is 1.48. The van der Waals surface area contributed by atoms with Gasteiger partial charge >= 0.3 is 6.18 Å². The highest BCUT2D eigenvalue weighted by Gasteiger charge is 2.39. The number of nitrogens with zero attached hydrogens (tertiary/aromatic N) is 4. The van der Waals surface area contributed by atoms with Gasteiger partial charge in [0.15, 0.2) is 0 Å². The van der Waals surface area contributed by atoms with Gasteiger partial charge in [-0.25, -0.2) is 4.98 Å². The number of pyridine rings is 2. The van der Waals surface area contributed by atoms with Gasteiger partial charge in [0.1, 0.15) is 11.4 Å². The second-order valence-electron chi connectivity index (χ2n) is 11.5. The summed E-state index contributed by atoms with van der Waals surface area (Å²) in [6.45, 7) is 4.62. The van der Waals surface area contributed by atoms with Crippen LogP contribution >= 0.6 is 0 Å². The molecule has 2 aliphatic heterocycles. The zero-order valence-corrected chi connectivity index (χ0v) is 22.0. The van der Waals surface area contributed by atoms with Crippen LogP contribution < -0.4 is 4.90 Å². The van der Waals surface area contributed by atoms with Gasteiger partial charge in [0.25, 0.3) is 0 Å². The van der Waals surface area contributed by atoms with E-state index < -0.39 is 17.3 Å². The number of carbonyl (C=O) groups is 1. The molecular weight excluding hydrogens is 493 g/mol. The van der Waals surface area contributed by atoms with E-state index in [0.717, 1.165) is 75.0 Å². The molecule has 3 aliphatic rings. The molecule has 0 radical (unpaired) electrons. The number of hydrogen-bond acceptors (Lipinski definition) is 5. The normalized spacial score (nSPS) is 27.1. The maximum absolute atomic E-state index is 13.2. The second-order valence-corrected chi connectivity index (χ2v) is 11.5. The molecule has 3 fully saturated rings. The summed E-state index contributed by atoms with van der Waals surface area (Å²) in [5, 5.41) is 11.1. The van der Waals surface area contributed by atoms with Gasteiger partial charge in [0.2, 0.25) is 5.91 Å². The summed E-state index contributed by atoms with van der Waals surface area (Å²) >= 11 is 0. The molecule has 2 saturated heterocycles. The van der Waals surface area contributed by atoms with Gasteiger partial charge in [0.05, 0.1) is 11.3 Å². The highest BCUT2D eigenvalue weighted by Crippen LogP contribution is 2.42. The van der Waals surface area contributed by atoms with E-state index in [-0.39, 0.29) is 11.8 Å². The molecule has 2 aromatic rings. The third-order valence-electron chi connectivity index (χ3n) is 8.83. The van der Waals surface area contributed by atoms with Crippen molar-refractivity contribution in [2.24, 2.45) is 17.8 Å². The largest absolute Gasteiger partial charge is 0.416 e. The number of aryl methyl sites for hydroxylation is 1. The molecule has 5 rings (SSSR count). The van der Waals surface area contributed by atoms with Gasteiger partial charge in [-0.1, -0.05) is 6.07 Å². The first-order valence-corrected chi connectivity index (χ1v) is 13.8. The number of alkyl halides is 3. The summed E-state index contributed by atoms with van der Waals surface area (Å²) < 4.78 is 39.2. The van der Waals surface area contributed by atoms with Crippen molar-refractivity contribution in [3.63, 3.8) is 0 Å².